The van der Waals surface area contributed by atoms with Gasteiger partial charge in [0.05, 0.1) is 0 Å². The number of rotatable bonds is 2. The fraction of sp³-hybridized carbons (Fsp3) is 0.474. The van der Waals surface area contributed by atoms with Gasteiger partial charge < -0.3 is 9.88 Å². The summed E-state index contributed by atoms with van der Waals surface area (Å²) in [4.78, 5) is 6.10. The highest BCUT2D eigenvalue weighted by Crippen LogP contribution is 2.38. The molecule has 0 bridgehead atoms. The lowest BCUT2D eigenvalue weighted by Gasteiger charge is -2.35. The van der Waals surface area contributed by atoms with Crippen LogP contribution in [0.25, 0.3) is 10.9 Å². The monoisotopic (exact) mass is 282 g/mol. The van der Waals surface area contributed by atoms with E-state index in [9.17, 15) is 0 Å². The van der Waals surface area contributed by atoms with Crippen molar-refractivity contribution in [1.82, 2.24) is 9.88 Å². The predicted octanol–water partition coefficient (Wildman–Crippen LogP) is 4.48. The first-order chi connectivity index (χ1) is 10.1. The van der Waals surface area contributed by atoms with Gasteiger partial charge in [0, 0.05) is 29.1 Å². The Morgan fingerprint density at radius 1 is 1.33 bits per heavy atom. The molecular weight excluding hydrogens is 256 g/mol. The molecule has 0 amide bonds. The lowest BCUT2D eigenvalue weighted by molar-refractivity contribution is 0.260. The minimum atomic E-state index is 0.553. The van der Waals surface area contributed by atoms with Gasteiger partial charge in [0.15, 0.2) is 0 Å². The van der Waals surface area contributed by atoms with Crippen LogP contribution in [0.1, 0.15) is 37.4 Å². The zero-order chi connectivity index (χ0) is 15.0. The summed E-state index contributed by atoms with van der Waals surface area (Å²) in [5.74, 6) is 1.22. The Balaban J connectivity index is 1.96. The second-order valence-electron chi connectivity index (χ2n) is 6.49. The Kier molecular flexibility index (Phi) is 3.90. The van der Waals surface area contributed by atoms with Gasteiger partial charge in [0.25, 0.3) is 0 Å². The largest absolute Gasteiger partial charge is 0.358 e. The molecule has 2 atom stereocenters. The maximum Gasteiger partial charge on any atom is 0.0458 e. The molecule has 112 valence electrons. The number of likely N-dealkylation sites (tertiary alicyclic amines) is 1. The summed E-state index contributed by atoms with van der Waals surface area (Å²) in [6.45, 7) is 9.15. The van der Waals surface area contributed by atoms with Crippen molar-refractivity contribution in [3.63, 3.8) is 0 Å². The molecule has 0 spiro atoms. The van der Waals surface area contributed by atoms with E-state index in [-0.39, 0.29) is 0 Å². The quantitative estimate of drug-likeness (QED) is 0.805. The van der Waals surface area contributed by atoms with Crippen molar-refractivity contribution in [3.8, 4) is 0 Å². The van der Waals surface area contributed by atoms with Crippen molar-refractivity contribution < 1.29 is 0 Å². The smallest absolute Gasteiger partial charge is 0.0458 e. The van der Waals surface area contributed by atoms with Crippen LogP contribution in [0.5, 0.6) is 0 Å². The molecule has 1 saturated heterocycles. The summed E-state index contributed by atoms with van der Waals surface area (Å²) >= 11 is 0. The number of allylic oxidation sites excluding steroid dienone is 1. The number of aryl methyl sites for hydroxylation is 1. The number of aromatic amines is 1. The summed E-state index contributed by atoms with van der Waals surface area (Å²) in [6.07, 6.45) is 3.58. The fourth-order valence-electron chi connectivity index (χ4n) is 3.89. The van der Waals surface area contributed by atoms with Gasteiger partial charge in [0.1, 0.15) is 0 Å². The summed E-state index contributed by atoms with van der Waals surface area (Å²) in [7, 11) is 2.22. The molecule has 0 saturated carbocycles. The second-order valence-corrected chi connectivity index (χ2v) is 6.49. The fourth-order valence-corrected chi connectivity index (χ4v) is 3.89. The second kappa shape index (κ2) is 5.69. The van der Waals surface area contributed by atoms with E-state index in [1.54, 1.807) is 5.57 Å². The first kappa shape index (κ1) is 14.4. The van der Waals surface area contributed by atoms with Gasteiger partial charge in [-0.25, -0.2) is 0 Å². The molecule has 0 radical (unpaired) electrons. The maximum absolute atomic E-state index is 3.68. The van der Waals surface area contributed by atoms with Crippen LogP contribution < -0.4 is 0 Å². The van der Waals surface area contributed by atoms with Gasteiger partial charge in [-0.05, 0) is 51.4 Å². The number of nitrogens with one attached hydrogen (secondary N) is 1. The number of benzene rings is 1. The van der Waals surface area contributed by atoms with Crippen LogP contribution in [0.4, 0.5) is 0 Å². The van der Waals surface area contributed by atoms with Crippen LogP contribution in [0.2, 0.25) is 0 Å². The number of piperidine rings is 1. The van der Waals surface area contributed by atoms with E-state index in [0.717, 1.165) is 6.54 Å². The molecule has 2 nitrogen and oxygen atoms in total. The van der Waals surface area contributed by atoms with Crippen molar-refractivity contribution in [2.45, 2.75) is 33.1 Å². The number of H-pyrrole nitrogens is 1. The number of fused-ring (bicyclic) bond motifs is 1. The molecular formula is C19H26N2. The van der Waals surface area contributed by atoms with Gasteiger partial charge in [0.2, 0.25) is 0 Å². The SMILES string of the molecule is C/C=C1\CN(C)CCC1C(C)c1[nH]c2ccccc2c1C. The Labute approximate surface area is 127 Å². The predicted molar refractivity (Wildman–Crippen MR) is 90.8 cm³/mol. The minimum absolute atomic E-state index is 0.553. The highest BCUT2D eigenvalue weighted by molar-refractivity contribution is 5.84. The number of nitrogens with zero attached hydrogens (tertiary/aromatic N) is 1. The molecule has 3 rings (SSSR count). The van der Waals surface area contributed by atoms with E-state index < -0.39 is 0 Å². The number of para-hydroxylation sites is 1. The normalized spacial score (nSPS) is 23.8. The number of likely N-dealkylation sites (N-methyl/N-ethyl adjacent to an activating group) is 1. The molecule has 1 aromatic carbocycles. The standard InChI is InChI=1S/C19H26N2/c1-5-15-12-21(4)11-10-16(15)13(2)19-14(3)17-8-6-7-9-18(17)20-19/h5-9,13,16,20H,10-12H2,1-4H3/b15-5+. The lowest BCUT2D eigenvalue weighted by Crippen LogP contribution is -2.34. The molecule has 2 heteroatoms. The van der Waals surface area contributed by atoms with Gasteiger partial charge in [-0.2, -0.15) is 0 Å². The number of aromatic nitrogens is 1. The molecule has 2 aromatic rings. The third-order valence-corrected chi connectivity index (χ3v) is 5.18. The Morgan fingerprint density at radius 3 is 2.81 bits per heavy atom. The number of hydrogen-bond acceptors (Lipinski definition) is 1. The van der Waals surface area contributed by atoms with Crippen LogP contribution >= 0.6 is 0 Å². The third kappa shape index (κ3) is 2.53. The molecule has 0 aliphatic carbocycles. The Hall–Kier alpha value is -1.54. The highest BCUT2D eigenvalue weighted by atomic mass is 15.1. The summed E-state index contributed by atoms with van der Waals surface area (Å²) < 4.78 is 0. The summed E-state index contributed by atoms with van der Waals surface area (Å²) in [6, 6.07) is 8.65. The van der Waals surface area contributed by atoms with E-state index in [0.29, 0.717) is 11.8 Å². The van der Waals surface area contributed by atoms with Crippen LogP contribution in [-0.2, 0) is 0 Å². The van der Waals surface area contributed by atoms with Gasteiger partial charge in [-0.1, -0.05) is 36.8 Å². The average molecular weight is 282 g/mol. The molecule has 2 heterocycles. The Bertz CT molecular complexity index is 665. The zero-order valence-corrected chi connectivity index (χ0v) is 13.6. The van der Waals surface area contributed by atoms with Gasteiger partial charge >= 0.3 is 0 Å². The third-order valence-electron chi connectivity index (χ3n) is 5.18. The van der Waals surface area contributed by atoms with Gasteiger partial charge in [-0.15, -0.1) is 0 Å². The average Bonchev–Trinajstić information content (AvgIpc) is 2.84. The van der Waals surface area contributed by atoms with Crippen molar-refractivity contribution in [3.05, 3.63) is 47.2 Å². The van der Waals surface area contributed by atoms with E-state index in [4.69, 9.17) is 0 Å². The van der Waals surface area contributed by atoms with E-state index in [1.165, 1.54) is 35.1 Å². The number of hydrogen-bond donors (Lipinski definition) is 1. The minimum Gasteiger partial charge on any atom is -0.358 e. The van der Waals surface area contributed by atoms with Crippen molar-refractivity contribution in [1.29, 1.82) is 0 Å². The van der Waals surface area contributed by atoms with E-state index in [2.05, 4.69) is 68.0 Å². The zero-order valence-electron chi connectivity index (χ0n) is 13.6. The van der Waals surface area contributed by atoms with Crippen LogP contribution in [0, 0.1) is 12.8 Å². The Morgan fingerprint density at radius 2 is 2.10 bits per heavy atom. The maximum atomic E-state index is 3.68. The molecule has 2 unspecified atom stereocenters. The lowest BCUT2D eigenvalue weighted by atomic mass is 9.79. The van der Waals surface area contributed by atoms with Crippen molar-refractivity contribution >= 4 is 10.9 Å². The van der Waals surface area contributed by atoms with Crippen molar-refractivity contribution in [2.24, 2.45) is 5.92 Å². The van der Waals surface area contributed by atoms with Crippen LogP contribution in [0.3, 0.4) is 0 Å². The summed E-state index contributed by atoms with van der Waals surface area (Å²) in [5, 5.41) is 1.37. The highest BCUT2D eigenvalue weighted by Gasteiger charge is 2.29. The van der Waals surface area contributed by atoms with E-state index in [1.807, 2.05) is 0 Å². The molecule has 1 aliphatic rings. The molecule has 1 aromatic heterocycles. The van der Waals surface area contributed by atoms with Crippen LogP contribution in [-0.4, -0.2) is 30.0 Å². The molecule has 21 heavy (non-hydrogen) atoms. The molecule has 1 N–H and O–H groups in total. The first-order valence-electron chi connectivity index (χ1n) is 8.02. The first-order valence-corrected chi connectivity index (χ1v) is 8.02. The van der Waals surface area contributed by atoms with E-state index >= 15 is 0 Å². The molecule has 1 aliphatic heterocycles. The summed E-state index contributed by atoms with van der Waals surface area (Å²) in [5.41, 5.74) is 5.71. The van der Waals surface area contributed by atoms with Crippen LogP contribution in [0.15, 0.2) is 35.9 Å². The van der Waals surface area contributed by atoms with Crippen molar-refractivity contribution in [2.75, 3.05) is 20.1 Å². The topological polar surface area (TPSA) is 19.0 Å². The van der Waals surface area contributed by atoms with Gasteiger partial charge in [-0.3, -0.25) is 0 Å². The molecule has 1 fully saturated rings.